The highest BCUT2D eigenvalue weighted by Gasteiger charge is 2.03. The van der Waals surface area contributed by atoms with Crippen LogP contribution >= 0.6 is 0 Å². The number of aliphatic hydroxyl groups is 1. The molecule has 0 heterocycles. The Kier molecular flexibility index (Phi) is 6.27. The van der Waals surface area contributed by atoms with Crippen molar-refractivity contribution in [3.8, 4) is 0 Å². The molecule has 0 amide bonds. The van der Waals surface area contributed by atoms with E-state index in [1.54, 1.807) is 12.3 Å². The fourth-order valence-corrected chi connectivity index (χ4v) is 2.11. The van der Waals surface area contributed by atoms with Gasteiger partial charge in [0.1, 0.15) is 0 Å². The Bertz CT molecular complexity index is 673. The van der Waals surface area contributed by atoms with Crippen molar-refractivity contribution in [3.05, 3.63) is 83.4 Å². The van der Waals surface area contributed by atoms with E-state index < -0.39 is 0 Å². The van der Waals surface area contributed by atoms with Crippen molar-refractivity contribution >= 4 is 11.9 Å². The van der Waals surface area contributed by atoms with Gasteiger partial charge in [0.25, 0.3) is 0 Å². The molecule has 2 aromatic carbocycles. The zero-order valence-electron chi connectivity index (χ0n) is 12.7. The van der Waals surface area contributed by atoms with E-state index in [-0.39, 0.29) is 6.61 Å². The molecule has 112 valence electrons. The van der Waals surface area contributed by atoms with Crippen LogP contribution < -0.4 is 0 Å². The van der Waals surface area contributed by atoms with E-state index in [4.69, 9.17) is 5.11 Å². The smallest absolute Gasteiger partial charge is 0.0674 e. The first-order valence-electron chi connectivity index (χ1n) is 7.28. The quantitative estimate of drug-likeness (QED) is 0.493. The molecule has 0 saturated heterocycles. The van der Waals surface area contributed by atoms with E-state index in [0.29, 0.717) is 0 Å². The molecular formula is C19H20N2O. The van der Waals surface area contributed by atoms with Crippen LogP contribution in [-0.4, -0.2) is 23.6 Å². The largest absolute Gasteiger partial charge is 0.392 e. The zero-order chi connectivity index (χ0) is 15.6. The Hall–Kier alpha value is -2.52. The molecule has 0 saturated carbocycles. The fraction of sp³-hybridized carbons (Fsp3) is 0.158. The first-order chi connectivity index (χ1) is 10.8. The highest BCUT2D eigenvalue weighted by atomic mass is 16.2. The zero-order valence-corrected chi connectivity index (χ0v) is 12.7. The molecule has 2 rings (SSSR count). The lowest BCUT2D eigenvalue weighted by molar-refractivity contribution is 0.342. The van der Waals surface area contributed by atoms with E-state index in [1.165, 1.54) is 5.56 Å². The number of aliphatic hydroxyl groups excluding tert-OH is 1. The molecule has 0 unspecified atom stereocenters. The van der Waals surface area contributed by atoms with Crippen LogP contribution in [0.25, 0.3) is 0 Å². The average Bonchev–Trinajstić information content (AvgIpc) is 2.56. The maximum absolute atomic E-state index is 8.82. The van der Waals surface area contributed by atoms with Gasteiger partial charge in [0.15, 0.2) is 0 Å². The summed E-state index contributed by atoms with van der Waals surface area (Å²) in [5.74, 6) is 0. The summed E-state index contributed by atoms with van der Waals surface area (Å²) in [5.41, 5.74) is 4.15. The van der Waals surface area contributed by atoms with Crippen LogP contribution in [0.15, 0.2) is 77.0 Å². The molecular weight excluding hydrogens is 272 g/mol. The van der Waals surface area contributed by atoms with Gasteiger partial charge in [-0.1, -0.05) is 66.7 Å². The van der Waals surface area contributed by atoms with Gasteiger partial charge in [-0.05, 0) is 24.5 Å². The molecule has 0 atom stereocenters. The lowest BCUT2D eigenvalue weighted by Gasteiger charge is -2.06. The van der Waals surface area contributed by atoms with Gasteiger partial charge in [-0.2, -0.15) is 10.2 Å². The van der Waals surface area contributed by atoms with Crippen molar-refractivity contribution in [2.75, 3.05) is 6.61 Å². The highest BCUT2D eigenvalue weighted by molar-refractivity contribution is 6.00. The SMILES string of the molecule is C/C(=N/N=C/c1ccccc1)c1ccccc1C/C=C/CO. The maximum Gasteiger partial charge on any atom is 0.0674 e. The normalized spacial score (nSPS) is 12.4. The second-order valence-electron chi connectivity index (χ2n) is 4.86. The number of benzene rings is 2. The fourth-order valence-electron chi connectivity index (χ4n) is 2.11. The van der Waals surface area contributed by atoms with Crippen molar-refractivity contribution in [1.82, 2.24) is 0 Å². The minimum Gasteiger partial charge on any atom is -0.392 e. The predicted molar refractivity (Wildman–Crippen MR) is 92.6 cm³/mol. The first kappa shape index (κ1) is 15.9. The molecule has 0 fully saturated rings. The Balaban J connectivity index is 2.14. The van der Waals surface area contributed by atoms with E-state index in [0.717, 1.165) is 23.3 Å². The van der Waals surface area contributed by atoms with Crippen LogP contribution in [0.5, 0.6) is 0 Å². The van der Waals surface area contributed by atoms with Gasteiger partial charge >= 0.3 is 0 Å². The van der Waals surface area contributed by atoms with Gasteiger partial charge in [0, 0.05) is 5.56 Å². The number of allylic oxidation sites excluding steroid dienone is 1. The molecule has 1 N–H and O–H groups in total. The van der Waals surface area contributed by atoms with Crippen LogP contribution in [0.4, 0.5) is 0 Å². The van der Waals surface area contributed by atoms with Crippen molar-refractivity contribution in [3.63, 3.8) is 0 Å². The molecule has 0 aromatic heterocycles. The van der Waals surface area contributed by atoms with E-state index in [1.807, 2.05) is 61.5 Å². The van der Waals surface area contributed by atoms with Crippen molar-refractivity contribution < 1.29 is 5.11 Å². The van der Waals surface area contributed by atoms with Crippen LogP contribution in [0.2, 0.25) is 0 Å². The van der Waals surface area contributed by atoms with Crippen molar-refractivity contribution in [2.24, 2.45) is 10.2 Å². The standard InChI is InChI=1S/C19H20N2O/c1-16(21-20-15-17-9-3-2-4-10-17)19-13-6-5-11-18(19)12-7-8-14-22/h2-11,13,15,22H,12,14H2,1H3/b8-7+,20-15+,21-16-. The van der Waals surface area contributed by atoms with E-state index in [2.05, 4.69) is 16.3 Å². The molecule has 0 aliphatic rings. The third-order valence-electron chi connectivity index (χ3n) is 3.23. The predicted octanol–water partition coefficient (Wildman–Crippen LogP) is 3.62. The minimum atomic E-state index is 0.0661. The minimum absolute atomic E-state index is 0.0661. The summed E-state index contributed by atoms with van der Waals surface area (Å²) in [5, 5.41) is 17.3. The van der Waals surface area contributed by atoms with Crippen LogP contribution in [0, 0.1) is 0 Å². The lowest BCUT2D eigenvalue weighted by Crippen LogP contribution is -2.00. The summed E-state index contributed by atoms with van der Waals surface area (Å²) in [6, 6.07) is 18.0. The van der Waals surface area contributed by atoms with Crippen LogP contribution in [0.3, 0.4) is 0 Å². The Labute approximate surface area is 131 Å². The van der Waals surface area contributed by atoms with Crippen LogP contribution in [0.1, 0.15) is 23.6 Å². The van der Waals surface area contributed by atoms with Gasteiger partial charge in [0.05, 0.1) is 18.5 Å². The number of rotatable bonds is 6. The summed E-state index contributed by atoms with van der Waals surface area (Å²) in [4.78, 5) is 0. The molecule has 3 heteroatoms. The Morgan fingerprint density at radius 1 is 1.00 bits per heavy atom. The maximum atomic E-state index is 8.82. The van der Waals surface area contributed by atoms with Gasteiger partial charge < -0.3 is 5.11 Å². The van der Waals surface area contributed by atoms with Gasteiger partial charge in [-0.3, -0.25) is 0 Å². The van der Waals surface area contributed by atoms with E-state index in [9.17, 15) is 0 Å². The number of hydrogen-bond acceptors (Lipinski definition) is 3. The molecule has 0 aliphatic heterocycles. The molecule has 0 radical (unpaired) electrons. The molecule has 3 nitrogen and oxygen atoms in total. The number of nitrogens with zero attached hydrogens (tertiary/aromatic N) is 2. The molecule has 0 bridgehead atoms. The Morgan fingerprint density at radius 3 is 2.50 bits per heavy atom. The van der Waals surface area contributed by atoms with Gasteiger partial charge in [0.2, 0.25) is 0 Å². The van der Waals surface area contributed by atoms with Crippen molar-refractivity contribution in [2.45, 2.75) is 13.3 Å². The van der Waals surface area contributed by atoms with E-state index >= 15 is 0 Å². The summed E-state index contributed by atoms with van der Waals surface area (Å²) < 4.78 is 0. The summed E-state index contributed by atoms with van der Waals surface area (Å²) in [7, 11) is 0. The second-order valence-corrected chi connectivity index (χ2v) is 4.86. The summed E-state index contributed by atoms with van der Waals surface area (Å²) in [6.45, 7) is 2.02. The summed E-state index contributed by atoms with van der Waals surface area (Å²) in [6.07, 6.45) is 6.22. The molecule has 0 spiro atoms. The topological polar surface area (TPSA) is 45.0 Å². The second kappa shape index (κ2) is 8.70. The van der Waals surface area contributed by atoms with Crippen LogP contribution in [-0.2, 0) is 6.42 Å². The third-order valence-corrected chi connectivity index (χ3v) is 3.23. The number of hydrogen-bond donors (Lipinski definition) is 1. The first-order valence-corrected chi connectivity index (χ1v) is 7.28. The molecule has 2 aromatic rings. The lowest BCUT2D eigenvalue weighted by atomic mass is 10.0. The Morgan fingerprint density at radius 2 is 1.73 bits per heavy atom. The average molecular weight is 292 g/mol. The molecule has 22 heavy (non-hydrogen) atoms. The molecule has 0 aliphatic carbocycles. The van der Waals surface area contributed by atoms with Crippen molar-refractivity contribution in [1.29, 1.82) is 0 Å². The highest BCUT2D eigenvalue weighted by Crippen LogP contribution is 2.12. The summed E-state index contributed by atoms with van der Waals surface area (Å²) >= 11 is 0. The van der Waals surface area contributed by atoms with Gasteiger partial charge in [-0.15, -0.1) is 0 Å². The monoisotopic (exact) mass is 292 g/mol. The third kappa shape index (κ3) is 4.79. The van der Waals surface area contributed by atoms with Gasteiger partial charge in [-0.25, -0.2) is 0 Å².